The highest BCUT2D eigenvalue weighted by atomic mass is 16.3. The van der Waals surface area contributed by atoms with Gasteiger partial charge in [0, 0.05) is 10.8 Å². The number of phenols is 6. The van der Waals surface area contributed by atoms with Crippen LogP contribution in [0, 0.1) is 41.5 Å². The summed E-state index contributed by atoms with van der Waals surface area (Å²) in [6.07, 6.45) is 1.57. The predicted molar refractivity (Wildman–Crippen MR) is 267 cm³/mol. The summed E-state index contributed by atoms with van der Waals surface area (Å²) in [5.41, 5.74) is 16.2. The lowest BCUT2D eigenvalue weighted by molar-refractivity contribution is 0.469. The first kappa shape index (κ1) is 46.5. The summed E-state index contributed by atoms with van der Waals surface area (Å²) in [5.74, 6) is 1.64. The molecule has 0 aromatic heterocycles. The molecule has 8 rings (SSSR count). The Kier molecular flexibility index (Phi) is 13.4. The Bertz CT molecular complexity index is 2830. The zero-order valence-corrected chi connectivity index (χ0v) is 39.1. The molecule has 0 bridgehead atoms. The van der Waals surface area contributed by atoms with E-state index in [-0.39, 0.29) is 34.5 Å². The van der Waals surface area contributed by atoms with Gasteiger partial charge >= 0.3 is 0 Å². The van der Waals surface area contributed by atoms with Crippen LogP contribution in [0.1, 0.15) is 103 Å². The van der Waals surface area contributed by atoms with E-state index in [0.717, 1.165) is 90.7 Å². The minimum absolute atomic E-state index is 0.268. The molecule has 8 aromatic carbocycles. The normalized spacial score (nSPS) is 11.5. The molecule has 6 nitrogen and oxygen atoms in total. The maximum Gasteiger partial charge on any atom is 0.118 e. The summed E-state index contributed by atoms with van der Waals surface area (Å²) in [4.78, 5) is 0. The second-order valence-electron chi connectivity index (χ2n) is 18.2. The number of hydrogen-bond acceptors (Lipinski definition) is 6. The number of phenolic OH excluding ortho intramolecular Hbond substituents is 6. The highest BCUT2D eigenvalue weighted by Crippen LogP contribution is 2.47. The Morgan fingerprint density at radius 1 is 0.288 bits per heavy atom. The highest BCUT2D eigenvalue weighted by molar-refractivity contribution is 5.61. The zero-order chi connectivity index (χ0) is 47.5. The van der Waals surface area contributed by atoms with Crippen LogP contribution >= 0.6 is 0 Å². The van der Waals surface area contributed by atoms with E-state index < -0.39 is 10.8 Å². The second kappa shape index (κ2) is 19.0. The lowest BCUT2D eigenvalue weighted by Crippen LogP contribution is -2.29. The van der Waals surface area contributed by atoms with Crippen molar-refractivity contribution in [1.29, 1.82) is 0 Å². The van der Waals surface area contributed by atoms with Gasteiger partial charge in [0.1, 0.15) is 34.5 Å². The molecule has 0 heterocycles. The minimum atomic E-state index is -0.485. The summed E-state index contributed by atoms with van der Waals surface area (Å²) in [7, 11) is 0. The number of benzene rings is 8. The van der Waals surface area contributed by atoms with Crippen LogP contribution in [0.5, 0.6) is 34.5 Å². The molecule has 0 aliphatic carbocycles. The Balaban J connectivity index is 0.000000197. The van der Waals surface area contributed by atoms with Crippen molar-refractivity contribution in [3.05, 3.63) is 247 Å². The maximum atomic E-state index is 10.2. The van der Waals surface area contributed by atoms with Crippen LogP contribution in [0.4, 0.5) is 0 Å². The molecule has 0 saturated carbocycles. The number of aromatic hydroxyl groups is 6. The van der Waals surface area contributed by atoms with E-state index in [4.69, 9.17) is 0 Å². The van der Waals surface area contributed by atoms with Crippen molar-refractivity contribution in [3.8, 4) is 34.5 Å². The van der Waals surface area contributed by atoms with Gasteiger partial charge in [-0.2, -0.15) is 0 Å². The Labute approximate surface area is 389 Å². The first-order chi connectivity index (χ1) is 31.4. The van der Waals surface area contributed by atoms with Crippen LogP contribution in [-0.2, 0) is 23.7 Å². The Morgan fingerprint density at radius 2 is 0.561 bits per heavy atom. The molecule has 0 fully saturated rings. The number of aryl methyl sites for hydroxylation is 6. The lowest BCUT2D eigenvalue weighted by Gasteiger charge is -2.37. The number of hydrogen-bond donors (Lipinski definition) is 6. The van der Waals surface area contributed by atoms with E-state index >= 15 is 0 Å². The summed E-state index contributed by atoms with van der Waals surface area (Å²) >= 11 is 0. The first-order valence-corrected chi connectivity index (χ1v) is 22.3. The molecule has 6 heteroatoms. The summed E-state index contributed by atoms with van der Waals surface area (Å²) in [6.45, 7) is 16.4. The van der Waals surface area contributed by atoms with E-state index in [2.05, 4.69) is 62.4 Å². The molecule has 66 heavy (non-hydrogen) atoms. The average molecular weight is 877 g/mol. The van der Waals surface area contributed by atoms with E-state index in [1.165, 1.54) is 11.1 Å². The summed E-state index contributed by atoms with van der Waals surface area (Å²) < 4.78 is 0. The molecule has 6 N–H and O–H groups in total. The largest absolute Gasteiger partial charge is 0.508 e. The SMILES string of the molecule is Cc1cc(C(C)(c2ccc(Cc3ccc(O)cc3)cc2)c2ccc(O)c(C)c2)ccc1O.Cc1cc(O)cc(C)c1C(C)(c1ccc(Cc2ccc(O)cc2)cc1)c1c(C)cc(O)cc1C. The highest BCUT2D eigenvalue weighted by Gasteiger charge is 2.37. The molecular weight excluding hydrogens is 817 g/mol. The van der Waals surface area contributed by atoms with Crippen molar-refractivity contribution in [2.24, 2.45) is 0 Å². The fourth-order valence-electron chi connectivity index (χ4n) is 9.92. The van der Waals surface area contributed by atoms with Crippen LogP contribution in [0.3, 0.4) is 0 Å². The molecule has 0 saturated heterocycles. The molecular formula is C60H60O6. The van der Waals surface area contributed by atoms with Gasteiger partial charge in [0.05, 0.1) is 0 Å². The molecule has 0 aliphatic heterocycles. The van der Waals surface area contributed by atoms with Gasteiger partial charge in [-0.15, -0.1) is 0 Å². The minimum Gasteiger partial charge on any atom is -0.508 e. The monoisotopic (exact) mass is 876 g/mol. The molecule has 0 radical (unpaired) electrons. The van der Waals surface area contributed by atoms with Gasteiger partial charge in [-0.3, -0.25) is 0 Å². The molecule has 0 spiro atoms. The summed E-state index contributed by atoms with van der Waals surface area (Å²) in [6, 6.07) is 50.7. The average Bonchev–Trinajstić information content (AvgIpc) is 3.27. The molecule has 0 unspecified atom stereocenters. The Morgan fingerprint density at radius 3 is 0.864 bits per heavy atom. The summed E-state index contributed by atoms with van der Waals surface area (Å²) in [5, 5.41) is 59.6. The predicted octanol–water partition coefficient (Wildman–Crippen LogP) is 13.3. The van der Waals surface area contributed by atoms with E-state index in [0.29, 0.717) is 0 Å². The van der Waals surface area contributed by atoms with Crippen LogP contribution in [-0.4, -0.2) is 30.6 Å². The first-order valence-electron chi connectivity index (χ1n) is 22.3. The van der Waals surface area contributed by atoms with Crippen LogP contribution in [0.25, 0.3) is 0 Å². The second-order valence-corrected chi connectivity index (χ2v) is 18.2. The van der Waals surface area contributed by atoms with E-state index in [1.54, 1.807) is 36.4 Å². The van der Waals surface area contributed by atoms with Gasteiger partial charge in [0.2, 0.25) is 0 Å². The fraction of sp³-hybridized carbons (Fsp3) is 0.200. The number of rotatable bonds is 10. The standard InChI is InChI=1S/C31H32O3.C29H28O3/c1-19-14-27(33)15-20(2)29(19)31(5,30-21(3)16-28(34)17-22(30)4)25-10-6-23(7-11-25)18-24-8-12-26(32)13-9-24;1-19-16-24(10-14-27(19)31)29(3,25-11-15-28(32)20(2)17-25)23-8-4-21(5-9-23)18-22-6-12-26(30)13-7-22/h6-17,32-34H,18H2,1-5H3;4-17,30-32H,18H2,1-3H3. The van der Waals surface area contributed by atoms with Crippen molar-refractivity contribution in [2.45, 2.75) is 79.1 Å². The van der Waals surface area contributed by atoms with Crippen molar-refractivity contribution in [1.82, 2.24) is 0 Å². The van der Waals surface area contributed by atoms with Gasteiger partial charge in [-0.1, -0.05) is 97.1 Å². The fourth-order valence-corrected chi connectivity index (χ4v) is 9.92. The Hall–Kier alpha value is -7.44. The lowest BCUT2D eigenvalue weighted by atomic mass is 9.66. The van der Waals surface area contributed by atoms with Crippen molar-refractivity contribution < 1.29 is 30.6 Å². The molecule has 336 valence electrons. The van der Waals surface area contributed by atoms with Crippen LogP contribution < -0.4 is 0 Å². The van der Waals surface area contributed by atoms with Gasteiger partial charge < -0.3 is 30.6 Å². The van der Waals surface area contributed by atoms with Crippen LogP contribution in [0.15, 0.2) is 158 Å². The van der Waals surface area contributed by atoms with Crippen molar-refractivity contribution in [3.63, 3.8) is 0 Å². The molecule has 8 aromatic rings. The third-order valence-corrected chi connectivity index (χ3v) is 13.3. The third kappa shape index (κ3) is 9.64. The smallest absolute Gasteiger partial charge is 0.118 e. The van der Waals surface area contributed by atoms with Crippen LogP contribution in [0.2, 0.25) is 0 Å². The van der Waals surface area contributed by atoms with Gasteiger partial charge in [-0.05, 0) is 218 Å². The van der Waals surface area contributed by atoms with Gasteiger partial charge in [0.25, 0.3) is 0 Å². The van der Waals surface area contributed by atoms with E-state index in [9.17, 15) is 30.6 Å². The maximum absolute atomic E-state index is 10.2. The molecule has 0 aliphatic rings. The molecule has 0 atom stereocenters. The van der Waals surface area contributed by atoms with Gasteiger partial charge in [-0.25, -0.2) is 0 Å². The van der Waals surface area contributed by atoms with Crippen molar-refractivity contribution in [2.75, 3.05) is 0 Å². The topological polar surface area (TPSA) is 121 Å². The molecule has 0 amide bonds. The van der Waals surface area contributed by atoms with Gasteiger partial charge in [0.15, 0.2) is 0 Å². The quantitative estimate of drug-likeness (QED) is 0.0761. The zero-order valence-electron chi connectivity index (χ0n) is 39.1. The van der Waals surface area contributed by atoms with Crippen molar-refractivity contribution >= 4 is 0 Å². The van der Waals surface area contributed by atoms with E-state index in [1.807, 2.05) is 114 Å². The third-order valence-electron chi connectivity index (χ3n) is 13.3.